The predicted molar refractivity (Wildman–Crippen MR) is 285 cm³/mol. The minimum absolute atomic E-state index is 1.09. The van der Waals surface area contributed by atoms with E-state index in [9.17, 15) is 0 Å². The van der Waals surface area contributed by atoms with E-state index in [-0.39, 0.29) is 0 Å². The van der Waals surface area contributed by atoms with Gasteiger partial charge in [-0.15, -0.1) is 0 Å². The molecule has 0 atom stereocenters. The van der Waals surface area contributed by atoms with Gasteiger partial charge < -0.3 is 14.0 Å². The van der Waals surface area contributed by atoms with Crippen LogP contribution in [-0.2, 0) is 0 Å². The predicted octanol–water partition coefficient (Wildman–Crippen LogP) is 17.6. The molecule has 0 unspecified atom stereocenters. The average Bonchev–Trinajstić information content (AvgIpc) is 3.86. The van der Waals surface area contributed by atoms with Crippen molar-refractivity contribution < 1.29 is 0 Å². The topological polar surface area (TPSA) is 13.1 Å². The molecule has 0 amide bonds. The first-order chi connectivity index (χ1) is 32.8. The minimum atomic E-state index is 1.09. The second kappa shape index (κ2) is 16.2. The van der Waals surface area contributed by atoms with Gasteiger partial charge in [0.25, 0.3) is 0 Å². The summed E-state index contributed by atoms with van der Waals surface area (Å²) >= 11 is 0. The second-order valence-corrected chi connectivity index (χ2v) is 18.2. The Morgan fingerprint density at radius 3 is 0.791 bits per heavy atom. The molecule has 320 valence electrons. The van der Waals surface area contributed by atoms with E-state index >= 15 is 0 Å². The Balaban J connectivity index is 0.863. The van der Waals surface area contributed by atoms with Gasteiger partial charge in [-0.2, -0.15) is 0 Å². The molecule has 0 spiro atoms. The maximum atomic E-state index is 2.39. The van der Waals surface area contributed by atoms with Crippen LogP contribution in [0.4, 0.5) is 17.1 Å². The average molecular weight is 860 g/mol. The highest BCUT2D eigenvalue weighted by atomic mass is 15.1. The Labute approximate surface area is 392 Å². The van der Waals surface area contributed by atoms with Gasteiger partial charge in [0.15, 0.2) is 0 Å². The zero-order chi connectivity index (χ0) is 45.2. The molecule has 0 aliphatic carbocycles. The van der Waals surface area contributed by atoms with Gasteiger partial charge in [0, 0.05) is 50.0 Å². The van der Waals surface area contributed by atoms with Crippen LogP contribution in [-0.4, -0.2) is 9.13 Å². The van der Waals surface area contributed by atoms with E-state index in [4.69, 9.17) is 0 Å². The van der Waals surface area contributed by atoms with Crippen LogP contribution in [0, 0.1) is 27.7 Å². The summed E-state index contributed by atoms with van der Waals surface area (Å²) in [6.07, 6.45) is 0. The lowest BCUT2D eigenvalue weighted by Crippen LogP contribution is -2.09. The molecule has 12 aromatic rings. The first-order valence-electron chi connectivity index (χ1n) is 23.2. The molecule has 12 rings (SSSR count). The highest BCUT2D eigenvalue weighted by Crippen LogP contribution is 2.40. The summed E-state index contributed by atoms with van der Waals surface area (Å²) in [6.45, 7) is 8.68. The molecule has 0 N–H and O–H groups in total. The van der Waals surface area contributed by atoms with Crippen molar-refractivity contribution in [3.05, 3.63) is 247 Å². The van der Waals surface area contributed by atoms with Crippen molar-refractivity contribution in [2.45, 2.75) is 27.7 Å². The van der Waals surface area contributed by atoms with Gasteiger partial charge >= 0.3 is 0 Å². The fourth-order valence-electron chi connectivity index (χ4n) is 10.2. The first kappa shape index (κ1) is 40.1. The molecule has 10 aromatic carbocycles. The second-order valence-electron chi connectivity index (χ2n) is 18.2. The normalized spacial score (nSPS) is 11.6. The largest absolute Gasteiger partial charge is 0.311 e. The van der Waals surface area contributed by atoms with Crippen LogP contribution in [0.1, 0.15) is 22.3 Å². The quantitative estimate of drug-likeness (QED) is 0.148. The zero-order valence-corrected chi connectivity index (χ0v) is 38.2. The van der Waals surface area contributed by atoms with Crippen molar-refractivity contribution in [2.75, 3.05) is 4.90 Å². The molecular formula is C64H49N3. The third-order valence-electron chi connectivity index (χ3n) is 13.6. The molecule has 2 aromatic heterocycles. The van der Waals surface area contributed by atoms with Crippen molar-refractivity contribution in [1.29, 1.82) is 0 Å². The van der Waals surface area contributed by atoms with E-state index in [2.05, 4.69) is 266 Å². The maximum Gasteiger partial charge on any atom is 0.0541 e. The lowest BCUT2D eigenvalue weighted by Gasteiger charge is -2.26. The molecule has 0 aliphatic rings. The van der Waals surface area contributed by atoms with Gasteiger partial charge in [0.2, 0.25) is 0 Å². The van der Waals surface area contributed by atoms with Crippen molar-refractivity contribution in [3.8, 4) is 44.8 Å². The van der Waals surface area contributed by atoms with E-state index in [0.29, 0.717) is 0 Å². The number of benzene rings is 10. The van der Waals surface area contributed by atoms with Crippen LogP contribution < -0.4 is 4.90 Å². The van der Waals surface area contributed by atoms with Crippen molar-refractivity contribution in [1.82, 2.24) is 9.13 Å². The van der Waals surface area contributed by atoms with Crippen LogP contribution in [0.2, 0.25) is 0 Å². The molecule has 2 heterocycles. The van der Waals surface area contributed by atoms with Crippen LogP contribution in [0.5, 0.6) is 0 Å². The molecular weight excluding hydrogens is 811 g/mol. The standard InChI is InChI=1S/C64H49N3/c1-42-10-34-61-57(38-42)58-39-43(2)11-35-62(58)66(61)55-30-20-50(21-31-55)48-16-26-53(27-17-48)65(52-24-14-47(15-25-52)46-8-6-5-7-9-46)54-28-18-49(19-29-54)51-22-32-56(33-23-51)67-63-36-12-44(3)40-59(63)60-41-45(4)13-37-64(60)67/h5-41H,1-4H3. The molecule has 0 saturated carbocycles. The Morgan fingerprint density at radius 2 is 0.507 bits per heavy atom. The molecule has 3 nitrogen and oxygen atoms in total. The maximum absolute atomic E-state index is 2.39. The van der Waals surface area contributed by atoms with E-state index in [1.165, 1.54) is 99.2 Å². The number of fused-ring (bicyclic) bond motifs is 6. The number of aryl methyl sites for hydroxylation is 4. The third-order valence-corrected chi connectivity index (χ3v) is 13.6. The van der Waals surface area contributed by atoms with E-state index in [1.807, 2.05) is 0 Å². The lowest BCUT2D eigenvalue weighted by atomic mass is 10.0. The third kappa shape index (κ3) is 7.17. The molecule has 0 fully saturated rings. The number of nitrogens with zero attached hydrogens (tertiary/aromatic N) is 3. The Hall–Kier alpha value is -8.40. The minimum Gasteiger partial charge on any atom is -0.311 e. The van der Waals surface area contributed by atoms with Crippen molar-refractivity contribution in [3.63, 3.8) is 0 Å². The van der Waals surface area contributed by atoms with Gasteiger partial charge in [0.1, 0.15) is 0 Å². The number of hydrogen-bond acceptors (Lipinski definition) is 1. The Bertz CT molecular complexity index is 3450. The van der Waals surface area contributed by atoms with Gasteiger partial charge in [-0.25, -0.2) is 0 Å². The first-order valence-corrected chi connectivity index (χ1v) is 23.2. The Kier molecular flexibility index (Phi) is 9.73. The molecule has 3 heteroatoms. The fraction of sp³-hybridized carbons (Fsp3) is 0.0625. The highest BCUT2D eigenvalue weighted by Gasteiger charge is 2.17. The zero-order valence-electron chi connectivity index (χ0n) is 38.2. The molecule has 0 aliphatic heterocycles. The van der Waals surface area contributed by atoms with Crippen LogP contribution in [0.3, 0.4) is 0 Å². The van der Waals surface area contributed by atoms with Gasteiger partial charge in [0.05, 0.1) is 22.1 Å². The fourth-order valence-corrected chi connectivity index (χ4v) is 10.2. The van der Waals surface area contributed by atoms with E-state index in [0.717, 1.165) is 28.4 Å². The number of aromatic nitrogens is 2. The lowest BCUT2D eigenvalue weighted by molar-refractivity contribution is 1.18. The van der Waals surface area contributed by atoms with Crippen LogP contribution >= 0.6 is 0 Å². The number of rotatable bonds is 8. The summed E-state index contributed by atoms with van der Waals surface area (Å²) in [5.41, 5.74) is 22.7. The van der Waals surface area contributed by atoms with Gasteiger partial charge in [-0.1, -0.05) is 138 Å². The molecule has 0 radical (unpaired) electrons. The molecule has 0 bridgehead atoms. The smallest absolute Gasteiger partial charge is 0.0541 e. The summed E-state index contributed by atoms with van der Waals surface area (Å²) in [5, 5.41) is 5.18. The van der Waals surface area contributed by atoms with Gasteiger partial charge in [-0.3, -0.25) is 0 Å². The van der Waals surface area contributed by atoms with E-state index < -0.39 is 0 Å². The molecule has 0 saturated heterocycles. The summed E-state index contributed by atoms with van der Waals surface area (Å²) in [5.74, 6) is 0. The van der Waals surface area contributed by atoms with Crippen LogP contribution in [0.15, 0.2) is 224 Å². The van der Waals surface area contributed by atoms with Gasteiger partial charge in [-0.05, 0) is 170 Å². The van der Waals surface area contributed by atoms with Crippen molar-refractivity contribution >= 4 is 60.7 Å². The molecule has 67 heavy (non-hydrogen) atoms. The van der Waals surface area contributed by atoms with Crippen LogP contribution in [0.25, 0.3) is 88.4 Å². The SMILES string of the molecule is Cc1ccc2c(c1)c1cc(C)ccc1n2-c1ccc(-c2ccc(N(c3ccc(-c4ccccc4)cc3)c3ccc(-c4ccc(-n5c6ccc(C)cc6c6cc(C)ccc65)cc4)cc3)cc2)cc1. The summed E-state index contributed by atoms with van der Waals surface area (Å²) < 4.78 is 4.79. The summed E-state index contributed by atoms with van der Waals surface area (Å²) in [6, 6.07) is 82.6. The highest BCUT2D eigenvalue weighted by molar-refractivity contribution is 6.11. The van der Waals surface area contributed by atoms with Crippen molar-refractivity contribution in [2.24, 2.45) is 0 Å². The van der Waals surface area contributed by atoms with E-state index in [1.54, 1.807) is 0 Å². The summed E-state index contributed by atoms with van der Waals surface area (Å²) in [7, 11) is 0. The number of hydrogen-bond donors (Lipinski definition) is 0. The number of anilines is 3. The monoisotopic (exact) mass is 859 g/mol. The Morgan fingerprint density at radius 1 is 0.254 bits per heavy atom. The summed E-state index contributed by atoms with van der Waals surface area (Å²) in [4.78, 5) is 2.35.